The van der Waals surface area contributed by atoms with Crippen LogP contribution in [-0.4, -0.2) is 48.3 Å². The summed E-state index contributed by atoms with van der Waals surface area (Å²) >= 11 is 0. The Hall–Kier alpha value is -3.35. The van der Waals surface area contributed by atoms with E-state index >= 15 is 0 Å². The number of carbonyl (C=O) groups excluding carboxylic acids is 1. The van der Waals surface area contributed by atoms with Gasteiger partial charge in [0, 0.05) is 30.1 Å². The Morgan fingerprint density at radius 3 is 2.41 bits per heavy atom. The molecule has 1 aliphatic rings. The lowest BCUT2D eigenvalue weighted by Gasteiger charge is -2.30. The molecule has 0 atom stereocenters. The van der Waals surface area contributed by atoms with E-state index in [1.54, 1.807) is 38.5 Å². The molecule has 150 valence electrons. The molecule has 1 saturated heterocycles. The maximum atomic E-state index is 12.7. The molecule has 1 fully saturated rings. The summed E-state index contributed by atoms with van der Waals surface area (Å²) in [5.74, 6) is 2.78. The van der Waals surface area contributed by atoms with E-state index in [1.807, 2.05) is 29.2 Å². The average molecular weight is 393 g/mol. The van der Waals surface area contributed by atoms with Gasteiger partial charge < -0.3 is 18.8 Å². The summed E-state index contributed by atoms with van der Waals surface area (Å²) in [5, 5.41) is 8.43. The minimum Gasteiger partial charge on any atom is -0.497 e. The summed E-state index contributed by atoms with van der Waals surface area (Å²) in [6, 6.07) is 14.7. The van der Waals surface area contributed by atoms with Crippen LogP contribution in [0.3, 0.4) is 0 Å². The second kappa shape index (κ2) is 8.34. The van der Waals surface area contributed by atoms with Crippen molar-refractivity contribution in [2.24, 2.45) is 0 Å². The van der Waals surface area contributed by atoms with Crippen LogP contribution in [-0.2, 0) is 0 Å². The van der Waals surface area contributed by atoms with Crippen molar-refractivity contribution < 1.29 is 18.7 Å². The molecule has 0 bridgehead atoms. The zero-order valence-corrected chi connectivity index (χ0v) is 16.5. The van der Waals surface area contributed by atoms with Gasteiger partial charge in [0.15, 0.2) is 0 Å². The van der Waals surface area contributed by atoms with Gasteiger partial charge in [0.1, 0.15) is 11.5 Å². The minimum absolute atomic E-state index is 0.0358. The number of nitrogens with zero attached hydrogens (tertiary/aromatic N) is 3. The van der Waals surface area contributed by atoms with Crippen molar-refractivity contribution in [3.63, 3.8) is 0 Å². The topological polar surface area (TPSA) is 77.7 Å². The highest BCUT2D eigenvalue weighted by Gasteiger charge is 2.28. The maximum Gasteiger partial charge on any atom is 0.253 e. The van der Waals surface area contributed by atoms with E-state index in [4.69, 9.17) is 13.9 Å². The van der Waals surface area contributed by atoms with Crippen LogP contribution in [0.4, 0.5) is 0 Å². The first-order valence-corrected chi connectivity index (χ1v) is 9.59. The molecule has 0 radical (unpaired) electrons. The van der Waals surface area contributed by atoms with Crippen LogP contribution in [0.1, 0.15) is 35.0 Å². The number of carbonyl (C=O) groups is 1. The van der Waals surface area contributed by atoms with Crippen LogP contribution in [0.5, 0.6) is 11.5 Å². The molecular weight excluding hydrogens is 370 g/mol. The van der Waals surface area contributed by atoms with Crippen molar-refractivity contribution in [1.82, 2.24) is 15.1 Å². The largest absolute Gasteiger partial charge is 0.497 e. The van der Waals surface area contributed by atoms with Crippen molar-refractivity contribution in [2.75, 3.05) is 27.3 Å². The minimum atomic E-state index is 0.0358. The third-order valence-electron chi connectivity index (χ3n) is 5.23. The highest BCUT2D eigenvalue weighted by molar-refractivity contribution is 5.94. The average Bonchev–Trinajstić information content (AvgIpc) is 3.29. The lowest BCUT2D eigenvalue weighted by atomic mass is 9.96. The Morgan fingerprint density at radius 2 is 1.72 bits per heavy atom. The van der Waals surface area contributed by atoms with Gasteiger partial charge >= 0.3 is 0 Å². The first kappa shape index (κ1) is 19.0. The number of methoxy groups -OCH3 is 2. The molecule has 7 nitrogen and oxygen atoms in total. The van der Waals surface area contributed by atoms with Gasteiger partial charge in [0.25, 0.3) is 5.91 Å². The smallest absolute Gasteiger partial charge is 0.253 e. The first-order chi connectivity index (χ1) is 14.2. The van der Waals surface area contributed by atoms with E-state index in [2.05, 4.69) is 10.2 Å². The zero-order chi connectivity index (χ0) is 20.2. The Bertz CT molecular complexity index is 976. The molecule has 2 aromatic carbocycles. The van der Waals surface area contributed by atoms with Gasteiger partial charge in [-0.1, -0.05) is 6.07 Å². The molecule has 1 aliphatic heterocycles. The summed E-state index contributed by atoms with van der Waals surface area (Å²) in [4.78, 5) is 14.6. The first-order valence-electron chi connectivity index (χ1n) is 9.59. The van der Waals surface area contributed by atoms with Crippen LogP contribution in [0.15, 0.2) is 52.9 Å². The van der Waals surface area contributed by atoms with E-state index in [1.165, 1.54) is 0 Å². The second-order valence-corrected chi connectivity index (χ2v) is 6.97. The summed E-state index contributed by atoms with van der Waals surface area (Å²) < 4.78 is 16.3. The quantitative estimate of drug-likeness (QED) is 0.657. The van der Waals surface area contributed by atoms with Gasteiger partial charge in [0.05, 0.1) is 14.2 Å². The van der Waals surface area contributed by atoms with Crippen molar-refractivity contribution in [1.29, 1.82) is 0 Å². The normalized spacial score (nSPS) is 14.6. The Morgan fingerprint density at radius 1 is 1.00 bits per heavy atom. The third kappa shape index (κ3) is 4.08. The van der Waals surface area contributed by atoms with Gasteiger partial charge in [0.2, 0.25) is 11.8 Å². The Balaban J connectivity index is 1.39. The van der Waals surface area contributed by atoms with Gasteiger partial charge in [-0.15, -0.1) is 10.2 Å². The second-order valence-electron chi connectivity index (χ2n) is 6.97. The highest BCUT2D eigenvalue weighted by Crippen LogP contribution is 2.30. The van der Waals surface area contributed by atoms with Crippen molar-refractivity contribution in [3.05, 3.63) is 60.0 Å². The predicted octanol–water partition coefficient (Wildman–Crippen LogP) is 3.77. The molecule has 1 amide bonds. The fraction of sp³-hybridized carbons (Fsp3) is 0.318. The van der Waals surface area contributed by atoms with Gasteiger partial charge in [-0.05, 0) is 55.3 Å². The van der Waals surface area contributed by atoms with E-state index in [0.717, 1.165) is 29.9 Å². The molecule has 0 N–H and O–H groups in total. The molecular formula is C22H23N3O4. The van der Waals surface area contributed by atoms with E-state index in [0.29, 0.717) is 30.4 Å². The summed E-state index contributed by atoms with van der Waals surface area (Å²) in [7, 11) is 3.23. The van der Waals surface area contributed by atoms with Gasteiger partial charge in [-0.25, -0.2) is 0 Å². The molecule has 0 unspecified atom stereocenters. The number of likely N-dealkylation sites (tertiary alicyclic amines) is 1. The lowest BCUT2D eigenvalue weighted by Crippen LogP contribution is -2.38. The molecule has 0 aliphatic carbocycles. The third-order valence-corrected chi connectivity index (χ3v) is 5.23. The Labute approximate surface area is 169 Å². The number of rotatable bonds is 5. The van der Waals surface area contributed by atoms with Crippen LogP contribution in [0, 0.1) is 0 Å². The van der Waals surface area contributed by atoms with Gasteiger partial charge in [-0.2, -0.15) is 0 Å². The predicted molar refractivity (Wildman–Crippen MR) is 107 cm³/mol. The molecule has 4 rings (SSSR count). The fourth-order valence-electron chi connectivity index (χ4n) is 3.52. The molecule has 7 heteroatoms. The van der Waals surface area contributed by atoms with Crippen LogP contribution in [0.25, 0.3) is 11.5 Å². The molecule has 29 heavy (non-hydrogen) atoms. The molecule has 0 saturated carbocycles. The number of aromatic nitrogens is 2. The molecule has 3 aromatic rings. The van der Waals surface area contributed by atoms with E-state index < -0.39 is 0 Å². The fourth-order valence-corrected chi connectivity index (χ4v) is 3.52. The molecule has 0 spiro atoms. The number of ether oxygens (including phenoxy) is 2. The van der Waals surface area contributed by atoms with E-state index in [-0.39, 0.29) is 11.8 Å². The van der Waals surface area contributed by atoms with Crippen LogP contribution >= 0.6 is 0 Å². The van der Waals surface area contributed by atoms with Crippen molar-refractivity contribution >= 4 is 5.91 Å². The SMILES string of the molecule is COc1ccc(C(=O)N2CCC(c3nnc(-c4cccc(OC)c4)o3)CC2)cc1. The number of hydrogen-bond donors (Lipinski definition) is 0. The van der Waals surface area contributed by atoms with Gasteiger partial charge in [-0.3, -0.25) is 4.79 Å². The number of amides is 1. The van der Waals surface area contributed by atoms with Crippen LogP contribution in [0.2, 0.25) is 0 Å². The number of piperidine rings is 1. The summed E-state index contributed by atoms with van der Waals surface area (Å²) in [6.45, 7) is 1.32. The lowest BCUT2D eigenvalue weighted by molar-refractivity contribution is 0.0706. The maximum absolute atomic E-state index is 12.7. The number of hydrogen-bond acceptors (Lipinski definition) is 6. The summed E-state index contributed by atoms with van der Waals surface area (Å²) in [5.41, 5.74) is 1.50. The summed E-state index contributed by atoms with van der Waals surface area (Å²) in [6.07, 6.45) is 1.59. The standard InChI is InChI=1S/C22H23N3O4/c1-27-18-8-6-16(7-9-18)22(26)25-12-10-15(11-13-25)20-23-24-21(29-20)17-4-3-5-19(14-17)28-2/h3-9,14-15H,10-13H2,1-2H3. The Kier molecular flexibility index (Phi) is 5.46. The number of benzene rings is 2. The van der Waals surface area contributed by atoms with E-state index in [9.17, 15) is 4.79 Å². The zero-order valence-electron chi connectivity index (χ0n) is 16.5. The monoisotopic (exact) mass is 393 g/mol. The molecule has 2 heterocycles. The molecule has 1 aromatic heterocycles. The van der Waals surface area contributed by atoms with Crippen LogP contribution < -0.4 is 9.47 Å². The van der Waals surface area contributed by atoms with Crippen molar-refractivity contribution in [3.8, 4) is 23.0 Å². The highest BCUT2D eigenvalue weighted by atomic mass is 16.5. The van der Waals surface area contributed by atoms with Crippen molar-refractivity contribution in [2.45, 2.75) is 18.8 Å².